The lowest BCUT2D eigenvalue weighted by Crippen LogP contribution is -2.29. The first-order valence-electron chi connectivity index (χ1n) is 9.79. The van der Waals surface area contributed by atoms with Crippen molar-refractivity contribution in [3.63, 3.8) is 0 Å². The Hall–Kier alpha value is -2.64. The third-order valence-electron chi connectivity index (χ3n) is 5.55. The molecule has 0 saturated carbocycles. The quantitative estimate of drug-likeness (QED) is 0.488. The molecule has 2 heterocycles. The van der Waals surface area contributed by atoms with Gasteiger partial charge in [0.1, 0.15) is 11.7 Å². The van der Waals surface area contributed by atoms with Crippen LogP contribution in [0.4, 0.5) is 0 Å². The van der Waals surface area contributed by atoms with Crippen molar-refractivity contribution in [2.24, 2.45) is 5.41 Å². The lowest BCUT2D eigenvalue weighted by Gasteiger charge is -2.31. The van der Waals surface area contributed by atoms with Crippen LogP contribution < -0.4 is 0 Å². The number of hydrogen-bond acceptors (Lipinski definition) is 3. The summed E-state index contributed by atoms with van der Waals surface area (Å²) in [4.78, 5) is 18.2. The molecule has 4 nitrogen and oxygen atoms in total. The molecule has 0 unspecified atom stereocenters. The molecule has 5 heteroatoms. The maximum Gasteiger partial charge on any atom is 0.165 e. The summed E-state index contributed by atoms with van der Waals surface area (Å²) in [6, 6.07) is 9.80. The summed E-state index contributed by atoms with van der Waals surface area (Å²) in [7, 11) is 0. The van der Waals surface area contributed by atoms with Gasteiger partial charge in [0.2, 0.25) is 0 Å². The number of carbonyl (C=O) groups is 1. The maximum absolute atomic E-state index is 13.3. The van der Waals surface area contributed by atoms with Gasteiger partial charge < -0.3 is 4.57 Å². The SMILES string of the molecule is CC1(C)CC(=O)c2c(nc3c(c(C#N)cn3C(C)(C)C)c2-c2ccc(Cl)cc2)C1. The number of pyridine rings is 1. The van der Waals surface area contributed by atoms with Crippen molar-refractivity contribution in [2.75, 3.05) is 0 Å². The zero-order chi connectivity index (χ0) is 21.1. The van der Waals surface area contributed by atoms with E-state index in [0.29, 0.717) is 22.6 Å². The Bertz CT molecular complexity index is 1190. The van der Waals surface area contributed by atoms with Crippen LogP contribution in [0.5, 0.6) is 0 Å². The van der Waals surface area contributed by atoms with Crippen LogP contribution >= 0.6 is 11.6 Å². The van der Waals surface area contributed by atoms with Gasteiger partial charge in [0.25, 0.3) is 0 Å². The summed E-state index contributed by atoms with van der Waals surface area (Å²) < 4.78 is 2.05. The molecule has 29 heavy (non-hydrogen) atoms. The van der Waals surface area contributed by atoms with Crippen LogP contribution in [0.3, 0.4) is 0 Å². The molecule has 0 saturated heterocycles. The van der Waals surface area contributed by atoms with Crippen LogP contribution in [-0.2, 0) is 12.0 Å². The number of nitrogens with zero attached hydrogens (tertiary/aromatic N) is 3. The van der Waals surface area contributed by atoms with Crippen molar-refractivity contribution in [1.82, 2.24) is 9.55 Å². The lowest BCUT2D eigenvalue weighted by molar-refractivity contribution is 0.0911. The summed E-state index contributed by atoms with van der Waals surface area (Å²) in [5, 5.41) is 11.3. The zero-order valence-corrected chi connectivity index (χ0v) is 18.2. The Kier molecular flexibility index (Phi) is 4.36. The van der Waals surface area contributed by atoms with Crippen LogP contribution in [0.25, 0.3) is 22.2 Å². The Balaban J connectivity index is 2.20. The molecule has 1 aromatic carbocycles. The molecule has 1 aliphatic rings. The van der Waals surface area contributed by atoms with Gasteiger partial charge in [0.05, 0.1) is 11.3 Å². The number of hydrogen-bond donors (Lipinski definition) is 0. The van der Waals surface area contributed by atoms with Crippen molar-refractivity contribution in [3.05, 3.63) is 52.3 Å². The Morgan fingerprint density at radius 3 is 2.38 bits per heavy atom. The smallest absolute Gasteiger partial charge is 0.165 e. The molecule has 2 aromatic heterocycles. The Morgan fingerprint density at radius 2 is 1.79 bits per heavy atom. The zero-order valence-electron chi connectivity index (χ0n) is 17.4. The first-order chi connectivity index (χ1) is 13.5. The fourth-order valence-corrected chi connectivity index (χ4v) is 4.40. The highest BCUT2D eigenvalue weighted by Gasteiger charge is 2.36. The second kappa shape index (κ2) is 6.43. The number of rotatable bonds is 1. The largest absolute Gasteiger partial charge is 0.326 e. The van der Waals surface area contributed by atoms with E-state index < -0.39 is 0 Å². The standard InChI is InChI=1S/C24H24ClN3O/c1-23(2,3)28-13-15(12-26)20-19(14-6-8-16(25)9-7-14)21-17(27-22(20)28)10-24(4,5)11-18(21)29/h6-9,13H,10-11H2,1-5H3. The van der Waals surface area contributed by atoms with Gasteiger partial charge in [-0.1, -0.05) is 37.6 Å². The van der Waals surface area contributed by atoms with E-state index in [0.717, 1.165) is 34.3 Å². The number of nitriles is 1. The third kappa shape index (κ3) is 3.24. The second-order valence-electron chi connectivity index (χ2n) is 9.65. The molecule has 0 aliphatic heterocycles. The molecule has 0 spiro atoms. The highest BCUT2D eigenvalue weighted by atomic mass is 35.5. The van der Waals surface area contributed by atoms with Crippen LogP contribution in [-0.4, -0.2) is 15.3 Å². The summed E-state index contributed by atoms with van der Waals surface area (Å²) in [6.07, 6.45) is 3.05. The van der Waals surface area contributed by atoms with Gasteiger partial charge in [-0.3, -0.25) is 4.79 Å². The average Bonchev–Trinajstić information content (AvgIpc) is 2.98. The second-order valence-corrected chi connectivity index (χ2v) is 10.1. The van der Waals surface area contributed by atoms with Crippen LogP contribution in [0.1, 0.15) is 62.7 Å². The number of fused-ring (bicyclic) bond motifs is 2. The van der Waals surface area contributed by atoms with Gasteiger partial charge in [0.15, 0.2) is 5.78 Å². The first kappa shape index (κ1) is 19.7. The third-order valence-corrected chi connectivity index (χ3v) is 5.80. The van der Waals surface area contributed by atoms with E-state index in [1.807, 2.05) is 35.0 Å². The van der Waals surface area contributed by atoms with Crippen molar-refractivity contribution in [2.45, 2.75) is 53.0 Å². The molecular formula is C24H24ClN3O. The summed E-state index contributed by atoms with van der Waals surface area (Å²) in [6.45, 7) is 10.5. The van der Waals surface area contributed by atoms with Crippen molar-refractivity contribution in [1.29, 1.82) is 5.26 Å². The lowest BCUT2D eigenvalue weighted by atomic mass is 9.73. The number of carbonyl (C=O) groups excluding carboxylic acids is 1. The summed E-state index contributed by atoms with van der Waals surface area (Å²) in [5.41, 5.74) is 4.06. The van der Waals surface area contributed by atoms with Crippen molar-refractivity contribution >= 4 is 28.4 Å². The van der Waals surface area contributed by atoms with Crippen molar-refractivity contribution in [3.8, 4) is 17.2 Å². The maximum atomic E-state index is 13.3. The minimum atomic E-state index is -0.250. The van der Waals surface area contributed by atoms with Crippen LogP contribution in [0.2, 0.25) is 5.02 Å². The number of halogens is 1. The molecule has 1 aliphatic carbocycles. The molecule has 0 amide bonds. The molecular weight excluding hydrogens is 382 g/mol. The number of Topliss-reactive ketones (excluding diaryl/α,β-unsaturated/α-hetero) is 1. The van der Waals surface area contributed by atoms with Gasteiger partial charge in [-0.25, -0.2) is 4.98 Å². The first-order valence-corrected chi connectivity index (χ1v) is 10.2. The Morgan fingerprint density at radius 1 is 1.14 bits per heavy atom. The predicted octanol–water partition coefficient (Wildman–Crippen LogP) is 6.14. The molecule has 3 aromatic rings. The van der Waals surface area contributed by atoms with E-state index >= 15 is 0 Å². The monoisotopic (exact) mass is 405 g/mol. The molecule has 148 valence electrons. The average molecular weight is 406 g/mol. The minimum Gasteiger partial charge on any atom is -0.326 e. The minimum absolute atomic E-state index is 0.0861. The fraction of sp³-hybridized carbons (Fsp3) is 0.375. The van der Waals surface area contributed by atoms with E-state index in [4.69, 9.17) is 16.6 Å². The molecule has 0 atom stereocenters. The van der Waals surface area contributed by atoms with E-state index in [1.54, 1.807) is 0 Å². The van der Waals surface area contributed by atoms with E-state index in [9.17, 15) is 10.1 Å². The fourth-order valence-electron chi connectivity index (χ4n) is 4.27. The number of ketones is 1. The topological polar surface area (TPSA) is 58.7 Å². The van der Waals surface area contributed by atoms with E-state index in [-0.39, 0.29) is 16.7 Å². The molecule has 4 rings (SSSR count). The highest BCUT2D eigenvalue weighted by Crippen LogP contribution is 2.43. The van der Waals surface area contributed by atoms with Gasteiger partial charge in [0, 0.05) is 39.7 Å². The van der Waals surface area contributed by atoms with Gasteiger partial charge in [-0.05, 0) is 50.3 Å². The molecule has 0 bridgehead atoms. The number of aromatic nitrogens is 2. The van der Waals surface area contributed by atoms with E-state index in [1.165, 1.54) is 0 Å². The Labute approximate surface area is 176 Å². The van der Waals surface area contributed by atoms with Gasteiger partial charge in [-0.2, -0.15) is 5.26 Å². The van der Waals surface area contributed by atoms with Gasteiger partial charge in [-0.15, -0.1) is 0 Å². The molecule has 0 N–H and O–H groups in total. The van der Waals surface area contributed by atoms with Crippen molar-refractivity contribution < 1.29 is 4.79 Å². The predicted molar refractivity (Wildman–Crippen MR) is 116 cm³/mol. The highest BCUT2D eigenvalue weighted by molar-refractivity contribution is 6.30. The summed E-state index contributed by atoms with van der Waals surface area (Å²) in [5.74, 6) is 0.0861. The van der Waals surface area contributed by atoms with Crippen LogP contribution in [0, 0.1) is 16.7 Å². The molecule has 0 radical (unpaired) electrons. The number of benzene rings is 1. The normalized spacial score (nSPS) is 16.0. The van der Waals surface area contributed by atoms with E-state index in [2.05, 4.69) is 40.7 Å². The van der Waals surface area contributed by atoms with Crippen LogP contribution in [0.15, 0.2) is 30.5 Å². The molecule has 0 fully saturated rings. The van der Waals surface area contributed by atoms with Gasteiger partial charge >= 0.3 is 0 Å². The summed E-state index contributed by atoms with van der Waals surface area (Å²) >= 11 is 6.11.